The lowest BCUT2D eigenvalue weighted by Gasteiger charge is -2.05. The first-order valence-corrected chi connectivity index (χ1v) is 4.88. The SMILES string of the molecule is C=CCOc1cc(I)ccc1Cl. The quantitative estimate of drug-likeness (QED) is 0.612. The van der Waals surface area contributed by atoms with Crippen molar-refractivity contribution in [1.29, 1.82) is 0 Å². The molecule has 1 nitrogen and oxygen atoms in total. The maximum Gasteiger partial charge on any atom is 0.139 e. The van der Waals surface area contributed by atoms with Crippen molar-refractivity contribution >= 4 is 34.2 Å². The van der Waals surface area contributed by atoms with Crippen LogP contribution in [-0.2, 0) is 0 Å². The molecule has 1 aromatic rings. The van der Waals surface area contributed by atoms with E-state index in [0.29, 0.717) is 17.4 Å². The molecule has 0 heterocycles. The fourth-order valence-corrected chi connectivity index (χ4v) is 1.37. The van der Waals surface area contributed by atoms with E-state index in [2.05, 4.69) is 29.2 Å². The van der Waals surface area contributed by atoms with Crippen molar-refractivity contribution in [2.75, 3.05) is 6.61 Å². The Labute approximate surface area is 90.5 Å². The largest absolute Gasteiger partial charge is 0.488 e. The van der Waals surface area contributed by atoms with Gasteiger partial charge in [-0.1, -0.05) is 24.3 Å². The fourth-order valence-electron chi connectivity index (χ4n) is 0.737. The summed E-state index contributed by atoms with van der Waals surface area (Å²) < 4.78 is 6.42. The summed E-state index contributed by atoms with van der Waals surface area (Å²) in [5.74, 6) is 0.712. The third-order valence-corrected chi connectivity index (χ3v) is 2.23. The smallest absolute Gasteiger partial charge is 0.139 e. The normalized spacial score (nSPS) is 9.50. The van der Waals surface area contributed by atoms with Crippen LogP contribution >= 0.6 is 34.2 Å². The molecule has 0 aromatic heterocycles. The van der Waals surface area contributed by atoms with Crippen LogP contribution in [0.2, 0.25) is 5.02 Å². The van der Waals surface area contributed by atoms with Crippen LogP contribution in [0.4, 0.5) is 0 Å². The zero-order valence-corrected chi connectivity index (χ0v) is 9.30. The lowest BCUT2D eigenvalue weighted by Crippen LogP contribution is -1.93. The minimum absolute atomic E-state index is 0.486. The van der Waals surface area contributed by atoms with Crippen LogP contribution in [-0.4, -0.2) is 6.61 Å². The van der Waals surface area contributed by atoms with E-state index in [1.807, 2.05) is 18.2 Å². The van der Waals surface area contributed by atoms with Gasteiger partial charge in [0, 0.05) is 3.57 Å². The molecule has 0 saturated heterocycles. The van der Waals surface area contributed by atoms with Gasteiger partial charge in [0.25, 0.3) is 0 Å². The highest BCUT2D eigenvalue weighted by Gasteiger charge is 2.00. The number of rotatable bonds is 3. The van der Waals surface area contributed by atoms with Crippen LogP contribution in [0.3, 0.4) is 0 Å². The molecule has 0 saturated carbocycles. The van der Waals surface area contributed by atoms with E-state index >= 15 is 0 Å². The van der Waals surface area contributed by atoms with Gasteiger partial charge in [0.1, 0.15) is 12.4 Å². The first-order valence-electron chi connectivity index (χ1n) is 3.43. The maximum atomic E-state index is 5.87. The van der Waals surface area contributed by atoms with Gasteiger partial charge in [-0.05, 0) is 40.8 Å². The summed E-state index contributed by atoms with van der Waals surface area (Å²) in [6, 6.07) is 5.65. The average Bonchev–Trinajstić information content (AvgIpc) is 2.07. The van der Waals surface area contributed by atoms with Gasteiger partial charge in [0.15, 0.2) is 0 Å². The van der Waals surface area contributed by atoms with Gasteiger partial charge < -0.3 is 4.74 Å². The van der Waals surface area contributed by atoms with Crippen molar-refractivity contribution in [1.82, 2.24) is 0 Å². The van der Waals surface area contributed by atoms with Gasteiger partial charge >= 0.3 is 0 Å². The average molecular weight is 295 g/mol. The molecule has 0 atom stereocenters. The van der Waals surface area contributed by atoms with Crippen molar-refractivity contribution in [3.05, 3.63) is 39.4 Å². The van der Waals surface area contributed by atoms with E-state index in [9.17, 15) is 0 Å². The van der Waals surface area contributed by atoms with Gasteiger partial charge in [-0.25, -0.2) is 0 Å². The van der Waals surface area contributed by atoms with Crippen LogP contribution in [0.1, 0.15) is 0 Å². The van der Waals surface area contributed by atoms with E-state index in [1.54, 1.807) is 6.08 Å². The zero-order valence-electron chi connectivity index (χ0n) is 6.39. The Morgan fingerprint density at radius 3 is 3.00 bits per heavy atom. The predicted molar refractivity (Wildman–Crippen MR) is 59.9 cm³/mol. The van der Waals surface area contributed by atoms with Gasteiger partial charge in [-0.3, -0.25) is 0 Å². The molecular formula is C9H8ClIO. The molecule has 0 radical (unpaired) electrons. The summed E-state index contributed by atoms with van der Waals surface area (Å²) in [5.41, 5.74) is 0. The van der Waals surface area contributed by atoms with E-state index in [-0.39, 0.29) is 0 Å². The summed E-state index contributed by atoms with van der Waals surface area (Å²) in [7, 11) is 0. The highest BCUT2D eigenvalue weighted by atomic mass is 127. The van der Waals surface area contributed by atoms with Crippen molar-refractivity contribution < 1.29 is 4.74 Å². The summed E-state index contributed by atoms with van der Waals surface area (Å²) in [5, 5.41) is 0.636. The molecule has 3 heteroatoms. The Kier molecular flexibility index (Phi) is 3.88. The molecule has 0 fully saturated rings. The molecule has 0 bridgehead atoms. The summed E-state index contributed by atoms with van der Waals surface area (Å²) in [6.07, 6.45) is 1.69. The van der Waals surface area contributed by atoms with Gasteiger partial charge in [-0.15, -0.1) is 0 Å². The second-order valence-corrected chi connectivity index (χ2v) is 3.83. The second kappa shape index (κ2) is 4.72. The number of benzene rings is 1. The van der Waals surface area contributed by atoms with Crippen molar-refractivity contribution in [2.45, 2.75) is 0 Å². The molecular weight excluding hydrogens is 286 g/mol. The molecule has 64 valence electrons. The van der Waals surface area contributed by atoms with Gasteiger partial charge in [0.05, 0.1) is 5.02 Å². The second-order valence-electron chi connectivity index (χ2n) is 2.17. The van der Waals surface area contributed by atoms with Crippen LogP contribution in [0.5, 0.6) is 5.75 Å². The Morgan fingerprint density at radius 1 is 1.58 bits per heavy atom. The molecule has 1 rings (SSSR count). The van der Waals surface area contributed by atoms with Gasteiger partial charge in [0.2, 0.25) is 0 Å². The molecule has 0 unspecified atom stereocenters. The third-order valence-electron chi connectivity index (χ3n) is 1.25. The Balaban J connectivity index is 2.82. The van der Waals surface area contributed by atoms with Crippen LogP contribution in [0, 0.1) is 3.57 Å². The molecule has 0 aliphatic heterocycles. The summed E-state index contributed by atoms with van der Waals surface area (Å²) >= 11 is 8.08. The molecule has 0 aliphatic rings. The predicted octanol–water partition coefficient (Wildman–Crippen LogP) is 3.51. The van der Waals surface area contributed by atoms with Crippen molar-refractivity contribution in [3.8, 4) is 5.75 Å². The van der Waals surface area contributed by atoms with Crippen molar-refractivity contribution in [3.63, 3.8) is 0 Å². The van der Waals surface area contributed by atoms with Gasteiger partial charge in [-0.2, -0.15) is 0 Å². The van der Waals surface area contributed by atoms with Crippen LogP contribution in [0.15, 0.2) is 30.9 Å². The first kappa shape index (κ1) is 9.86. The van der Waals surface area contributed by atoms with Crippen LogP contribution in [0.25, 0.3) is 0 Å². The number of halogens is 2. The maximum absolute atomic E-state index is 5.87. The lowest BCUT2D eigenvalue weighted by molar-refractivity contribution is 0.363. The molecule has 1 aromatic carbocycles. The van der Waals surface area contributed by atoms with Crippen LogP contribution < -0.4 is 4.74 Å². The fraction of sp³-hybridized carbons (Fsp3) is 0.111. The summed E-state index contributed by atoms with van der Waals surface area (Å²) in [4.78, 5) is 0. The van der Waals surface area contributed by atoms with E-state index in [1.165, 1.54) is 0 Å². The Hall–Kier alpha value is -0.220. The minimum atomic E-state index is 0.486. The number of ether oxygens (including phenoxy) is 1. The minimum Gasteiger partial charge on any atom is -0.488 e. The molecule has 12 heavy (non-hydrogen) atoms. The number of hydrogen-bond acceptors (Lipinski definition) is 1. The molecule has 0 aliphatic carbocycles. The van der Waals surface area contributed by atoms with Crippen molar-refractivity contribution in [2.24, 2.45) is 0 Å². The molecule has 0 amide bonds. The monoisotopic (exact) mass is 294 g/mol. The Bertz CT molecular complexity index is 286. The standard InChI is InChI=1S/C9H8ClIO/c1-2-5-12-9-6-7(11)3-4-8(9)10/h2-4,6H,1,5H2. The first-order chi connectivity index (χ1) is 5.74. The van der Waals surface area contributed by atoms with E-state index in [4.69, 9.17) is 16.3 Å². The highest BCUT2D eigenvalue weighted by Crippen LogP contribution is 2.25. The highest BCUT2D eigenvalue weighted by molar-refractivity contribution is 14.1. The number of hydrogen-bond donors (Lipinski definition) is 0. The zero-order chi connectivity index (χ0) is 8.97. The topological polar surface area (TPSA) is 9.23 Å². The third kappa shape index (κ3) is 2.68. The van der Waals surface area contributed by atoms with E-state index < -0.39 is 0 Å². The van der Waals surface area contributed by atoms with E-state index in [0.717, 1.165) is 3.57 Å². The lowest BCUT2D eigenvalue weighted by atomic mass is 10.3. The molecule has 0 spiro atoms. The molecule has 0 N–H and O–H groups in total. The Morgan fingerprint density at radius 2 is 2.33 bits per heavy atom. The summed E-state index contributed by atoms with van der Waals surface area (Å²) in [6.45, 7) is 4.04.